The summed E-state index contributed by atoms with van der Waals surface area (Å²) in [6.07, 6.45) is 5.32. The Bertz CT molecular complexity index is 1510. The van der Waals surface area contributed by atoms with Crippen LogP contribution in [0.4, 0.5) is 5.69 Å². The summed E-state index contributed by atoms with van der Waals surface area (Å²) in [6.45, 7) is 0.447. The molecule has 41 heavy (non-hydrogen) atoms. The predicted molar refractivity (Wildman–Crippen MR) is 155 cm³/mol. The second-order valence-corrected chi connectivity index (χ2v) is 8.70. The lowest BCUT2D eigenvalue weighted by molar-refractivity contribution is 0.102. The molecule has 1 heterocycles. The third kappa shape index (κ3) is 6.70. The number of nitrogens with one attached hydrogen (secondary N) is 1. The van der Waals surface area contributed by atoms with Crippen LogP contribution < -0.4 is 33.7 Å². The fraction of sp³-hybridized carbons (Fsp3) is 0.233. The molecule has 4 aromatic rings. The topological polar surface area (TPSA) is 115 Å². The van der Waals surface area contributed by atoms with Crippen molar-refractivity contribution in [2.24, 2.45) is 0 Å². The van der Waals surface area contributed by atoms with E-state index in [1.165, 1.54) is 14.2 Å². The van der Waals surface area contributed by atoms with E-state index in [0.29, 0.717) is 41.0 Å². The highest BCUT2D eigenvalue weighted by Crippen LogP contribution is 2.40. The first-order chi connectivity index (χ1) is 19.9. The van der Waals surface area contributed by atoms with Crippen LogP contribution in [-0.2, 0) is 6.54 Å². The largest absolute Gasteiger partial charge is 0.497 e. The van der Waals surface area contributed by atoms with Crippen molar-refractivity contribution in [2.75, 3.05) is 48.0 Å². The van der Waals surface area contributed by atoms with Gasteiger partial charge in [0, 0.05) is 0 Å². The minimum atomic E-state index is -0.447. The highest BCUT2D eigenvalue weighted by Gasteiger charge is 2.18. The average molecular weight is 561 g/mol. The van der Waals surface area contributed by atoms with Crippen molar-refractivity contribution in [1.82, 2.24) is 15.0 Å². The second kappa shape index (κ2) is 13.2. The van der Waals surface area contributed by atoms with Gasteiger partial charge in [0.2, 0.25) is 5.75 Å². The number of rotatable bonds is 12. The van der Waals surface area contributed by atoms with Gasteiger partial charge in [-0.3, -0.25) is 4.79 Å². The lowest BCUT2D eigenvalue weighted by Gasteiger charge is -2.15. The quantitative estimate of drug-likeness (QED) is 0.244. The first-order valence-electron chi connectivity index (χ1n) is 12.5. The minimum absolute atomic E-state index is 0.151. The maximum Gasteiger partial charge on any atom is 0.277 e. The van der Waals surface area contributed by atoms with E-state index in [2.05, 4.69) is 15.6 Å². The van der Waals surface area contributed by atoms with Crippen molar-refractivity contribution in [3.8, 4) is 34.5 Å². The Morgan fingerprint density at radius 1 is 0.756 bits per heavy atom. The molecule has 1 N–H and O–H groups in total. The normalized spacial score (nSPS) is 10.8. The molecule has 11 heteroatoms. The number of hydrogen-bond acceptors (Lipinski definition) is 9. The van der Waals surface area contributed by atoms with Crippen LogP contribution in [0.1, 0.15) is 27.2 Å². The Morgan fingerprint density at radius 2 is 1.32 bits per heavy atom. The van der Waals surface area contributed by atoms with Crippen molar-refractivity contribution in [3.05, 3.63) is 77.1 Å². The summed E-state index contributed by atoms with van der Waals surface area (Å²) in [5.41, 5.74) is 3.10. The Morgan fingerprint density at radius 3 is 1.85 bits per heavy atom. The fourth-order valence-electron chi connectivity index (χ4n) is 4.15. The van der Waals surface area contributed by atoms with Gasteiger partial charge < -0.3 is 33.7 Å². The van der Waals surface area contributed by atoms with Crippen LogP contribution in [0, 0.1) is 0 Å². The van der Waals surface area contributed by atoms with E-state index in [9.17, 15) is 4.79 Å². The zero-order chi connectivity index (χ0) is 29.4. The molecule has 3 aromatic carbocycles. The lowest BCUT2D eigenvalue weighted by Crippen LogP contribution is -2.13. The van der Waals surface area contributed by atoms with E-state index in [0.717, 1.165) is 22.4 Å². The lowest BCUT2D eigenvalue weighted by atomic mass is 10.1. The Hall–Kier alpha value is -5.19. The second-order valence-electron chi connectivity index (χ2n) is 8.70. The van der Waals surface area contributed by atoms with Gasteiger partial charge in [0.15, 0.2) is 28.7 Å². The average Bonchev–Trinajstić information content (AvgIpc) is 3.48. The summed E-state index contributed by atoms with van der Waals surface area (Å²) in [5.74, 6) is 2.70. The summed E-state index contributed by atoms with van der Waals surface area (Å²) < 4.78 is 34.2. The molecular weight excluding hydrogens is 528 g/mol. The number of ether oxygens (including phenoxy) is 6. The number of benzene rings is 3. The molecule has 0 aliphatic rings. The number of nitrogens with zero attached hydrogens (tertiary/aromatic N) is 3. The van der Waals surface area contributed by atoms with E-state index in [-0.39, 0.29) is 5.69 Å². The maximum atomic E-state index is 13.1. The van der Waals surface area contributed by atoms with Crippen molar-refractivity contribution >= 4 is 23.7 Å². The third-order valence-corrected chi connectivity index (χ3v) is 6.18. The smallest absolute Gasteiger partial charge is 0.277 e. The molecule has 11 nitrogen and oxygen atoms in total. The van der Waals surface area contributed by atoms with Gasteiger partial charge in [-0.05, 0) is 53.1 Å². The van der Waals surface area contributed by atoms with Crippen LogP contribution >= 0.6 is 0 Å². The van der Waals surface area contributed by atoms with Crippen LogP contribution in [0.2, 0.25) is 0 Å². The van der Waals surface area contributed by atoms with Crippen molar-refractivity contribution in [2.45, 2.75) is 6.54 Å². The van der Waals surface area contributed by atoms with Gasteiger partial charge in [-0.15, -0.1) is 5.10 Å². The maximum absolute atomic E-state index is 13.1. The van der Waals surface area contributed by atoms with Crippen LogP contribution in [0.25, 0.3) is 12.2 Å². The van der Waals surface area contributed by atoms with Gasteiger partial charge in [0.1, 0.15) is 5.75 Å². The zero-order valence-electron chi connectivity index (χ0n) is 23.8. The Kier molecular flexibility index (Phi) is 9.31. The number of carbonyl (C=O) groups is 1. The van der Waals surface area contributed by atoms with E-state index >= 15 is 0 Å². The number of anilines is 1. The van der Waals surface area contributed by atoms with E-state index in [1.807, 2.05) is 48.6 Å². The van der Waals surface area contributed by atoms with Crippen LogP contribution in [0.15, 0.2) is 54.7 Å². The molecule has 0 radical (unpaired) electrons. The monoisotopic (exact) mass is 560 g/mol. The molecule has 214 valence electrons. The van der Waals surface area contributed by atoms with Gasteiger partial charge in [0.05, 0.1) is 61.1 Å². The minimum Gasteiger partial charge on any atom is -0.497 e. The van der Waals surface area contributed by atoms with Gasteiger partial charge in [-0.2, -0.15) is 0 Å². The standard InChI is InChI=1S/C30H32N4O7/c1-36-22-11-9-19(10-12-22)17-34-18-24(32-33-34)30(35)31-23-13-20(14-25(37-2)28(23)40-5)7-8-21-15-26(38-3)29(41-6)27(16-21)39-4/h7-16,18H,17H2,1-6H3,(H,31,35)/b8-7-. The van der Waals surface area contributed by atoms with E-state index < -0.39 is 5.91 Å². The van der Waals surface area contributed by atoms with E-state index in [4.69, 9.17) is 28.4 Å². The molecule has 0 atom stereocenters. The molecule has 0 unspecified atom stereocenters. The SMILES string of the molecule is COc1ccc(Cn2cc(C(=O)Nc3cc(/C=C\c4cc(OC)c(OC)c(OC)c4)cc(OC)c3OC)nn2)cc1. The molecular formula is C30H32N4O7. The molecule has 0 aliphatic carbocycles. The predicted octanol–water partition coefficient (Wildman–Crippen LogP) is 4.80. The Labute approximate surface area is 238 Å². The summed E-state index contributed by atoms with van der Waals surface area (Å²) in [5, 5.41) is 11.0. The molecule has 1 amide bonds. The van der Waals surface area contributed by atoms with Crippen LogP contribution in [0.5, 0.6) is 34.5 Å². The third-order valence-electron chi connectivity index (χ3n) is 6.18. The summed E-state index contributed by atoms with van der Waals surface area (Å²) in [7, 11) is 9.32. The van der Waals surface area contributed by atoms with Gasteiger partial charge >= 0.3 is 0 Å². The van der Waals surface area contributed by atoms with Crippen molar-refractivity contribution in [3.63, 3.8) is 0 Å². The molecule has 0 bridgehead atoms. The molecule has 0 aliphatic heterocycles. The highest BCUT2D eigenvalue weighted by molar-refractivity contribution is 6.04. The number of methoxy groups -OCH3 is 6. The molecule has 0 spiro atoms. The van der Waals surface area contributed by atoms with Gasteiger partial charge in [0.25, 0.3) is 5.91 Å². The zero-order valence-corrected chi connectivity index (χ0v) is 23.8. The highest BCUT2D eigenvalue weighted by atomic mass is 16.5. The summed E-state index contributed by atoms with van der Waals surface area (Å²) in [6, 6.07) is 14.8. The summed E-state index contributed by atoms with van der Waals surface area (Å²) >= 11 is 0. The molecule has 0 fully saturated rings. The van der Waals surface area contributed by atoms with Gasteiger partial charge in [-0.25, -0.2) is 4.68 Å². The molecule has 0 saturated carbocycles. The first-order valence-corrected chi connectivity index (χ1v) is 12.5. The van der Waals surface area contributed by atoms with Crippen molar-refractivity contribution < 1.29 is 33.2 Å². The van der Waals surface area contributed by atoms with Gasteiger partial charge in [-0.1, -0.05) is 29.5 Å². The van der Waals surface area contributed by atoms with Crippen molar-refractivity contribution in [1.29, 1.82) is 0 Å². The molecule has 0 saturated heterocycles. The first kappa shape index (κ1) is 28.8. The molecule has 1 aromatic heterocycles. The molecule has 4 rings (SSSR count). The number of hydrogen-bond donors (Lipinski definition) is 1. The van der Waals surface area contributed by atoms with Crippen LogP contribution in [-0.4, -0.2) is 63.6 Å². The number of carbonyl (C=O) groups excluding carboxylic acids is 1. The number of amides is 1. The number of aromatic nitrogens is 3. The van der Waals surface area contributed by atoms with Crippen LogP contribution in [0.3, 0.4) is 0 Å². The fourth-order valence-corrected chi connectivity index (χ4v) is 4.15. The Balaban J connectivity index is 1.57. The summed E-state index contributed by atoms with van der Waals surface area (Å²) in [4.78, 5) is 13.1. The van der Waals surface area contributed by atoms with E-state index in [1.54, 1.807) is 51.5 Å².